The van der Waals surface area contributed by atoms with Gasteiger partial charge in [-0.2, -0.15) is 0 Å². The lowest BCUT2D eigenvalue weighted by Gasteiger charge is -2.37. The number of hydrogen-bond donors (Lipinski definition) is 2. The summed E-state index contributed by atoms with van der Waals surface area (Å²) in [7, 11) is 0. The molecule has 3 heterocycles. The van der Waals surface area contributed by atoms with E-state index < -0.39 is 0 Å². The van der Waals surface area contributed by atoms with Crippen molar-refractivity contribution in [1.82, 2.24) is 0 Å². The molecule has 5 nitrogen and oxygen atoms in total. The molecule has 0 saturated heterocycles. The van der Waals surface area contributed by atoms with E-state index in [1.807, 2.05) is 13.0 Å². The maximum Gasteiger partial charge on any atom is 0.169 e. The highest BCUT2D eigenvalue weighted by Gasteiger charge is 2.27. The predicted octanol–water partition coefficient (Wildman–Crippen LogP) is 6.33. The smallest absolute Gasteiger partial charge is 0.169 e. The molecule has 0 fully saturated rings. The Morgan fingerprint density at radius 1 is 0.761 bits per heavy atom. The van der Waals surface area contributed by atoms with Crippen molar-refractivity contribution in [2.75, 3.05) is 24.6 Å². The van der Waals surface area contributed by atoms with Crippen molar-refractivity contribution < 1.29 is 36.5 Å². The van der Waals surface area contributed by atoms with Gasteiger partial charge in [0.1, 0.15) is 23.8 Å². The van der Waals surface area contributed by atoms with Crippen LogP contribution in [0.1, 0.15) is 118 Å². The zero-order chi connectivity index (χ0) is 31.3. The highest BCUT2D eigenvalue weighted by Crippen LogP contribution is 2.42. The van der Waals surface area contributed by atoms with Crippen LogP contribution >= 0.6 is 0 Å². The molecule has 0 aliphatic carbocycles. The van der Waals surface area contributed by atoms with E-state index in [1.54, 1.807) is 12.1 Å². The van der Waals surface area contributed by atoms with Gasteiger partial charge in [0.15, 0.2) is 12.4 Å². The Hall–Kier alpha value is -2.99. The normalized spacial score (nSPS) is 13.9. The van der Waals surface area contributed by atoms with Crippen molar-refractivity contribution in [3.63, 3.8) is 0 Å². The summed E-state index contributed by atoms with van der Waals surface area (Å²) in [5.41, 5.74) is 7.06. The summed E-state index contributed by atoms with van der Waals surface area (Å²) in [6, 6.07) is 12.0. The highest BCUT2D eigenvalue weighted by molar-refractivity contribution is 5.78. The molecule has 0 amide bonds. The second kappa shape index (κ2) is 19.0. The van der Waals surface area contributed by atoms with Crippen molar-refractivity contribution in [3.8, 4) is 17.2 Å². The number of phenolic OH excluding ortho intramolecular Hbond substituents is 2. The van der Waals surface area contributed by atoms with Gasteiger partial charge in [0.25, 0.3) is 0 Å². The van der Waals surface area contributed by atoms with Crippen LogP contribution in [0, 0.1) is 6.92 Å². The first-order chi connectivity index (χ1) is 22.1. The Morgan fingerprint density at radius 3 is 2.07 bits per heavy atom. The number of pyridine rings is 1. The summed E-state index contributed by atoms with van der Waals surface area (Å²) >= 11 is 0. The van der Waals surface area contributed by atoms with Gasteiger partial charge < -0.3 is 36.8 Å². The Kier molecular flexibility index (Phi) is 14.8. The number of nitrogens with zero attached hydrogens (tertiary/aromatic N) is 2. The molecule has 2 N–H and O–H groups in total. The molecule has 1 aromatic heterocycles. The van der Waals surface area contributed by atoms with Crippen LogP contribution < -0.4 is 31.2 Å². The number of aromatic hydroxyl groups is 2. The summed E-state index contributed by atoms with van der Waals surface area (Å²) in [5, 5.41) is 20.7. The topological polar surface area (TPSA) is 56.8 Å². The third-order valence-electron chi connectivity index (χ3n) is 9.51. The van der Waals surface area contributed by atoms with Crippen molar-refractivity contribution >= 4 is 17.8 Å². The molecule has 0 unspecified atom stereocenters. The molecule has 2 aliphatic rings. The number of phenols is 2. The van der Waals surface area contributed by atoms with Gasteiger partial charge in [-0.25, -0.2) is 4.57 Å². The first kappa shape index (κ1) is 35.9. The van der Waals surface area contributed by atoms with Gasteiger partial charge in [0.2, 0.25) is 0 Å². The molecule has 2 aromatic carbocycles. The van der Waals surface area contributed by atoms with E-state index in [0.717, 1.165) is 74.4 Å². The van der Waals surface area contributed by atoms with E-state index >= 15 is 0 Å². The Bertz CT molecular complexity index is 1370. The van der Waals surface area contributed by atoms with Crippen molar-refractivity contribution in [3.05, 3.63) is 76.6 Å². The summed E-state index contributed by atoms with van der Waals surface area (Å²) in [6.07, 6.45) is 28.6. The molecular formula is C40H55BrN2O3. The lowest BCUT2D eigenvalue weighted by Crippen LogP contribution is -3.00. The molecule has 6 heteroatoms. The zero-order valence-electron chi connectivity index (χ0n) is 28.0. The average Bonchev–Trinajstić information content (AvgIpc) is 3.04. The van der Waals surface area contributed by atoms with Crippen LogP contribution in [0.2, 0.25) is 0 Å². The van der Waals surface area contributed by atoms with E-state index in [4.69, 9.17) is 4.74 Å². The largest absolute Gasteiger partial charge is 1.00 e. The lowest BCUT2D eigenvalue weighted by molar-refractivity contribution is -0.697. The van der Waals surface area contributed by atoms with Crippen LogP contribution in [-0.2, 0) is 19.4 Å². The number of rotatable bonds is 18. The van der Waals surface area contributed by atoms with Gasteiger partial charge in [-0.1, -0.05) is 69.9 Å². The number of halogens is 1. The van der Waals surface area contributed by atoms with Gasteiger partial charge in [-0.3, -0.25) is 0 Å². The first-order valence-corrected chi connectivity index (χ1v) is 17.8. The van der Waals surface area contributed by atoms with Crippen LogP contribution in [0.3, 0.4) is 0 Å². The number of ether oxygens (including phenoxy) is 1. The minimum atomic E-state index is 0. The van der Waals surface area contributed by atoms with Gasteiger partial charge in [-0.15, -0.1) is 0 Å². The fraction of sp³-hybridized carbons (Fsp3) is 0.525. The van der Waals surface area contributed by atoms with Gasteiger partial charge in [0, 0.05) is 54.5 Å². The Labute approximate surface area is 288 Å². The van der Waals surface area contributed by atoms with Crippen molar-refractivity contribution in [2.24, 2.45) is 0 Å². The molecule has 0 radical (unpaired) electrons. The van der Waals surface area contributed by atoms with E-state index in [-0.39, 0.29) is 22.7 Å². The maximum atomic E-state index is 11.0. The third kappa shape index (κ3) is 10.8. The molecule has 0 bridgehead atoms. The minimum Gasteiger partial charge on any atom is -1.00 e. The van der Waals surface area contributed by atoms with Crippen LogP contribution in [0.25, 0.3) is 12.2 Å². The van der Waals surface area contributed by atoms with Crippen molar-refractivity contribution in [2.45, 2.75) is 116 Å². The Morgan fingerprint density at radius 2 is 1.39 bits per heavy atom. The molecule has 2 aliphatic heterocycles. The first-order valence-electron chi connectivity index (χ1n) is 17.8. The van der Waals surface area contributed by atoms with E-state index in [2.05, 4.69) is 52.2 Å². The summed E-state index contributed by atoms with van der Waals surface area (Å²) in [4.78, 5) is 2.48. The number of aryl methyl sites for hydroxylation is 3. The molecule has 5 rings (SSSR count). The fourth-order valence-electron chi connectivity index (χ4n) is 7.08. The summed E-state index contributed by atoms with van der Waals surface area (Å²) in [6.45, 7) is 6.03. The van der Waals surface area contributed by atoms with Gasteiger partial charge >= 0.3 is 0 Å². The molecular weight excluding hydrogens is 636 g/mol. The number of hydrogen-bond acceptors (Lipinski definition) is 4. The predicted molar refractivity (Wildman–Crippen MR) is 186 cm³/mol. The highest BCUT2D eigenvalue weighted by atomic mass is 79.9. The second-order valence-electron chi connectivity index (χ2n) is 13.3. The summed E-state index contributed by atoms with van der Waals surface area (Å²) in [5.74, 6) is 1.53. The van der Waals surface area contributed by atoms with Crippen LogP contribution in [0.5, 0.6) is 17.2 Å². The molecule has 0 spiro atoms. The minimum absolute atomic E-state index is 0. The molecule has 0 atom stereocenters. The number of unbranched alkanes of at least 4 members (excludes halogenated alkanes) is 11. The second-order valence-corrected chi connectivity index (χ2v) is 13.3. The Balaban J connectivity index is 0.00000480. The number of anilines is 1. The zero-order valence-corrected chi connectivity index (χ0v) is 29.6. The van der Waals surface area contributed by atoms with Crippen molar-refractivity contribution in [1.29, 1.82) is 0 Å². The third-order valence-corrected chi connectivity index (χ3v) is 9.51. The molecule has 250 valence electrons. The SMILES string of the molecule is Cc1cc(O)cc(OCCCCCCCCCCCCCC[n+]2ccc(/C=C/c3cc4c5c(c3O)CCCN5CCC4)cc2)c1.[Br-]. The molecule has 0 saturated carbocycles. The average molecular weight is 692 g/mol. The van der Waals surface area contributed by atoms with Crippen LogP contribution in [0.4, 0.5) is 5.69 Å². The van der Waals surface area contributed by atoms with E-state index in [1.165, 1.54) is 93.9 Å². The van der Waals surface area contributed by atoms with Gasteiger partial charge in [0.05, 0.1) is 6.61 Å². The standard InChI is InChI=1S/C40H54N2O3.BrH/c1-32-28-36(43)31-37(29-32)45-27-13-11-9-7-5-3-2-4-6-8-10-12-22-41-25-20-33(21-26-41)18-19-35-30-34-16-14-23-42-24-15-17-38(39(34)42)40(35)44;/h18-21,25-26,28-31,43H,2-17,22-24,27H2,1H3;1H. The lowest BCUT2D eigenvalue weighted by atomic mass is 9.89. The summed E-state index contributed by atoms with van der Waals surface area (Å²) < 4.78 is 8.07. The van der Waals surface area contributed by atoms with E-state index in [0.29, 0.717) is 5.75 Å². The van der Waals surface area contributed by atoms with Crippen LogP contribution in [0.15, 0.2) is 48.8 Å². The number of aromatic nitrogens is 1. The molecule has 46 heavy (non-hydrogen) atoms. The van der Waals surface area contributed by atoms with E-state index in [9.17, 15) is 10.2 Å². The fourth-order valence-corrected chi connectivity index (χ4v) is 7.08. The number of benzene rings is 2. The van der Waals surface area contributed by atoms with Crippen LogP contribution in [-0.4, -0.2) is 29.9 Å². The quantitative estimate of drug-likeness (QED) is 0.121. The molecule has 3 aromatic rings. The monoisotopic (exact) mass is 690 g/mol. The maximum absolute atomic E-state index is 11.0. The van der Waals surface area contributed by atoms with Gasteiger partial charge in [-0.05, 0) is 80.3 Å².